The lowest BCUT2D eigenvalue weighted by molar-refractivity contribution is -0.0232. The van der Waals surface area contributed by atoms with E-state index < -0.39 is 0 Å². The van der Waals surface area contributed by atoms with E-state index in [2.05, 4.69) is 29.5 Å². The van der Waals surface area contributed by atoms with Crippen LogP contribution in [0.2, 0.25) is 0 Å². The van der Waals surface area contributed by atoms with E-state index in [1.165, 1.54) is 68.6 Å². The lowest BCUT2D eigenvalue weighted by Crippen LogP contribution is -2.15. The second kappa shape index (κ2) is 38.4. The third-order valence-electron chi connectivity index (χ3n) is 5.92. The van der Waals surface area contributed by atoms with Crippen molar-refractivity contribution >= 4 is 22.6 Å². The van der Waals surface area contributed by atoms with E-state index in [0.29, 0.717) is 92.5 Å². The van der Waals surface area contributed by atoms with Gasteiger partial charge in [0.15, 0.2) is 0 Å². The molecule has 0 fully saturated rings. The Morgan fingerprint density at radius 2 is 0.513 bits per heavy atom. The Bertz CT molecular complexity index is 384. The van der Waals surface area contributed by atoms with Gasteiger partial charge in [-0.1, -0.05) is 87.3 Å². The van der Waals surface area contributed by atoms with Crippen LogP contribution in [0.1, 0.15) is 84.0 Å². The number of unbranched alkanes of at least 4 members (excludes halogenated alkanes) is 10. The van der Waals surface area contributed by atoms with Gasteiger partial charge in [0.05, 0.1) is 92.5 Å². The fraction of sp³-hybridized carbons (Fsp3) is 1.00. The van der Waals surface area contributed by atoms with E-state index in [4.69, 9.17) is 37.9 Å². The van der Waals surface area contributed by atoms with Crippen LogP contribution in [0.3, 0.4) is 0 Å². The Labute approximate surface area is 253 Å². The van der Waals surface area contributed by atoms with Crippen molar-refractivity contribution in [2.45, 2.75) is 84.0 Å². The fourth-order valence-corrected chi connectivity index (χ4v) is 4.17. The quantitative estimate of drug-likeness (QED) is 0.0438. The molecule has 0 rings (SSSR count). The molecule has 0 aromatic carbocycles. The third-order valence-corrected chi connectivity index (χ3v) is 6.68. The highest BCUT2D eigenvalue weighted by Gasteiger charge is 1.96. The number of alkyl halides is 1. The van der Waals surface area contributed by atoms with Crippen LogP contribution in [-0.2, 0) is 37.9 Å². The first-order chi connectivity index (χ1) is 19.4. The maximum atomic E-state index is 5.62. The summed E-state index contributed by atoms with van der Waals surface area (Å²) in [5.41, 5.74) is 0. The topological polar surface area (TPSA) is 73.8 Å². The maximum Gasteiger partial charge on any atom is 0.0701 e. The van der Waals surface area contributed by atoms with Gasteiger partial charge in [0.1, 0.15) is 0 Å². The van der Waals surface area contributed by atoms with Crippen molar-refractivity contribution in [2.75, 3.05) is 110 Å². The number of ether oxygens (including phenoxy) is 8. The number of rotatable bonds is 36. The molecular weight excluding hydrogens is 615 g/mol. The van der Waals surface area contributed by atoms with Crippen molar-refractivity contribution in [3.05, 3.63) is 0 Å². The molecule has 0 aliphatic carbocycles. The van der Waals surface area contributed by atoms with Crippen molar-refractivity contribution in [3.8, 4) is 0 Å². The molecule has 0 aliphatic rings. The zero-order chi connectivity index (χ0) is 28.2. The van der Waals surface area contributed by atoms with E-state index in [0.717, 1.165) is 26.1 Å². The van der Waals surface area contributed by atoms with E-state index >= 15 is 0 Å². The minimum atomic E-state index is 0.553. The minimum Gasteiger partial charge on any atom is -0.379 e. The zero-order valence-corrected chi connectivity index (χ0v) is 27.3. The average molecular weight is 677 g/mol. The molecule has 0 radical (unpaired) electrons. The van der Waals surface area contributed by atoms with Gasteiger partial charge in [-0.15, -0.1) is 0 Å². The van der Waals surface area contributed by atoms with E-state index in [1.807, 2.05) is 0 Å². The van der Waals surface area contributed by atoms with Crippen LogP contribution in [-0.4, -0.2) is 110 Å². The van der Waals surface area contributed by atoms with Gasteiger partial charge in [-0.3, -0.25) is 0 Å². The van der Waals surface area contributed by atoms with Crippen LogP contribution in [0.15, 0.2) is 0 Å². The lowest BCUT2D eigenvalue weighted by Gasteiger charge is -2.09. The minimum absolute atomic E-state index is 0.553. The molecule has 0 unspecified atom stereocenters. The smallest absolute Gasteiger partial charge is 0.0701 e. The van der Waals surface area contributed by atoms with Gasteiger partial charge < -0.3 is 37.9 Å². The molecule has 0 saturated carbocycles. The van der Waals surface area contributed by atoms with E-state index in [9.17, 15) is 0 Å². The zero-order valence-electron chi connectivity index (χ0n) is 25.2. The van der Waals surface area contributed by atoms with Crippen molar-refractivity contribution < 1.29 is 37.9 Å². The Kier molecular flexibility index (Phi) is 38.8. The second-order valence-electron chi connectivity index (χ2n) is 9.48. The first kappa shape index (κ1) is 39.4. The van der Waals surface area contributed by atoms with Gasteiger partial charge in [0.25, 0.3) is 0 Å². The summed E-state index contributed by atoms with van der Waals surface area (Å²) >= 11 is 2.42. The predicted octanol–water partition coefficient (Wildman–Crippen LogP) is 6.26. The SMILES string of the molecule is CCCCCCCCCCOCCOCCOCCOCCOCCOCCOCCOCCCCCCI. The lowest BCUT2D eigenvalue weighted by atomic mass is 10.1. The third kappa shape index (κ3) is 38.4. The Morgan fingerprint density at radius 3 is 0.795 bits per heavy atom. The molecule has 0 aromatic rings. The summed E-state index contributed by atoms with van der Waals surface area (Å²) in [6, 6.07) is 0. The molecule has 0 bridgehead atoms. The number of hydrogen-bond acceptors (Lipinski definition) is 8. The van der Waals surface area contributed by atoms with Gasteiger partial charge in [0, 0.05) is 13.2 Å². The first-order valence-corrected chi connectivity index (χ1v) is 17.1. The molecule has 0 aromatic heterocycles. The van der Waals surface area contributed by atoms with Crippen molar-refractivity contribution in [3.63, 3.8) is 0 Å². The van der Waals surface area contributed by atoms with Gasteiger partial charge in [-0.2, -0.15) is 0 Å². The van der Waals surface area contributed by atoms with Crippen LogP contribution in [0, 0.1) is 0 Å². The Hall–Kier alpha value is 0.410. The van der Waals surface area contributed by atoms with Crippen LogP contribution in [0.25, 0.3) is 0 Å². The van der Waals surface area contributed by atoms with Gasteiger partial charge in [-0.25, -0.2) is 0 Å². The molecule has 9 heteroatoms. The summed E-state index contributed by atoms with van der Waals surface area (Å²) in [7, 11) is 0. The fourth-order valence-electron chi connectivity index (χ4n) is 3.63. The summed E-state index contributed by atoms with van der Waals surface area (Å²) in [6.45, 7) is 12.2. The highest BCUT2D eigenvalue weighted by Crippen LogP contribution is 2.08. The summed E-state index contributed by atoms with van der Waals surface area (Å²) in [4.78, 5) is 0. The standard InChI is InChI=1S/C30H61IO8/c1-2-3-4-5-6-7-9-12-15-32-17-19-34-21-23-36-25-27-38-29-30-39-28-26-37-24-22-35-20-18-33-16-13-10-8-11-14-31/h2-30H2,1H3. The van der Waals surface area contributed by atoms with Crippen LogP contribution in [0.5, 0.6) is 0 Å². The number of halogens is 1. The summed E-state index contributed by atoms with van der Waals surface area (Å²) < 4.78 is 45.4. The monoisotopic (exact) mass is 676 g/mol. The van der Waals surface area contributed by atoms with Crippen LogP contribution < -0.4 is 0 Å². The summed E-state index contributed by atoms with van der Waals surface area (Å²) in [5.74, 6) is 0. The molecule has 0 amide bonds. The van der Waals surface area contributed by atoms with Crippen molar-refractivity contribution in [2.24, 2.45) is 0 Å². The number of hydrogen-bond donors (Lipinski definition) is 0. The van der Waals surface area contributed by atoms with Gasteiger partial charge in [0.2, 0.25) is 0 Å². The predicted molar refractivity (Wildman–Crippen MR) is 167 cm³/mol. The summed E-state index contributed by atoms with van der Waals surface area (Å²) in [5, 5.41) is 0. The largest absolute Gasteiger partial charge is 0.379 e. The molecule has 0 heterocycles. The second-order valence-corrected chi connectivity index (χ2v) is 10.6. The van der Waals surface area contributed by atoms with Gasteiger partial charge in [-0.05, 0) is 23.7 Å². The molecule has 39 heavy (non-hydrogen) atoms. The molecule has 0 atom stereocenters. The highest BCUT2D eigenvalue weighted by atomic mass is 127. The van der Waals surface area contributed by atoms with Gasteiger partial charge >= 0.3 is 0 Å². The van der Waals surface area contributed by atoms with Crippen LogP contribution in [0.4, 0.5) is 0 Å². The molecule has 8 nitrogen and oxygen atoms in total. The molecule has 0 spiro atoms. The summed E-state index contributed by atoms with van der Waals surface area (Å²) in [6.07, 6.45) is 15.6. The first-order valence-electron chi connectivity index (χ1n) is 15.6. The average Bonchev–Trinajstić information content (AvgIpc) is 2.95. The Morgan fingerprint density at radius 1 is 0.282 bits per heavy atom. The molecule has 236 valence electrons. The van der Waals surface area contributed by atoms with Crippen molar-refractivity contribution in [1.82, 2.24) is 0 Å². The highest BCUT2D eigenvalue weighted by molar-refractivity contribution is 14.1. The molecule has 0 N–H and O–H groups in total. The molecule has 0 saturated heterocycles. The van der Waals surface area contributed by atoms with E-state index in [-0.39, 0.29) is 0 Å². The molecular formula is C30H61IO8. The Balaban J connectivity index is 3.01. The normalized spacial score (nSPS) is 11.5. The molecule has 0 aliphatic heterocycles. The van der Waals surface area contributed by atoms with E-state index in [1.54, 1.807) is 0 Å². The van der Waals surface area contributed by atoms with Crippen LogP contribution >= 0.6 is 22.6 Å². The maximum absolute atomic E-state index is 5.62. The van der Waals surface area contributed by atoms with Crippen molar-refractivity contribution in [1.29, 1.82) is 0 Å².